The predicted octanol–water partition coefficient (Wildman–Crippen LogP) is 0.222. The van der Waals surface area contributed by atoms with Crippen LogP contribution in [0, 0.1) is 6.92 Å². The summed E-state index contributed by atoms with van der Waals surface area (Å²) in [5.41, 5.74) is 6.41. The van der Waals surface area contributed by atoms with Gasteiger partial charge < -0.3 is 10.5 Å². The van der Waals surface area contributed by atoms with E-state index in [4.69, 9.17) is 10.5 Å². The van der Waals surface area contributed by atoms with Crippen molar-refractivity contribution in [3.63, 3.8) is 0 Å². The van der Waals surface area contributed by atoms with Crippen LogP contribution in [0.5, 0.6) is 0 Å². The van der Waals surface area contributed by atoms with Crippen LogP contribution in [0.2, 0.25) is 0 Å². The van der Waals surface area contributed by atoms with Crippen LogP contribution in [0.4, 0.5) is 0 Å². The van der Waals surface area contributed by atoms with E-state index in [1.165, 1.54) is 4.31 Å². The van der Waals surface area contributed by atoms with Gasteiger partial charge in [0, 0.05) is 26.2 Å². The number of hydrogen-bond donors (Lipinski definition) is 2. The van der Waals surface area contributed by atoms with Crippen molar-refractivity contribution in [2.24, 2.45) is 5.73 Å². The van der Waals surface area contributed by atoms with Crippen LogP contribution >= 0.6 is 0 Å². The van der Waals surface area contributed by atoms with Crippen molar-refractivity contribution in [2.75, 3.05) is 20.3 Å². The molecule has 0 amide bonds. The highest BCUT2D eigenvalue weighted by Crippen LogP contribution is 2.23. The number of H-pyrrole nitrogens is 1. The van der Waals surface area contributed by atoms with Crippen molar-refractivity contribution in [3.05, 3.63) is 11.4 Å². The molecule has 0 bridgehead atoms. The minimum atomic E-state index is -3.62. The zero-order valence-corrected chi connectivity index (χ0v) is 12.6. The first-order valence-corrected chi connectivity index (χ1v) is 7.58. The quantitative estimate of drug-likeness (QED) is 0.748. The number of sulfonamides is 1. The Bertz CT molecular complexity index is 512. The summed E-state index contributed by atoms with van der Waals surface area (Å²) in [4.78, 5) is 0.180. The first kappa shape index (κ1) is 16.1. The lowest BCUT2D eigenvalue weighted by Gasteiger charge is -2.26. The van der Waals surface area contributed by atoms with Gasteiger partial charge >= 0.3 is 0 Å². The normalized spacial score (nSPS) is 14.0. The summed E-state index contributed by atoms with van der Waals surface area (Å²) in [6, 6.07) is -0.250. The molecule has 0 aliphatic rings. The second-order valence-corrected chi connectivity index (χ2v) is 6.17. The van der Waals surface area contributed by atoms with E-state index in [2.05, 4.69) is 10.2 Å². The maximum absolute atomic E-state index is 12.7. The molecular weight excluding hydrogens is 268 g/mol. The molecule has 0 aliphatic carbocycles. The summed E-state index contributed by atoms with van der Waals surface area (Å²) in [5, 5.41) is 6.61. The van der Waals surface area contributed by atoms with Crippen molar-refractivity contribution in [3.8, 4) is 0 Å². The summed E-state index contributed by atoms with van der Waals surface area (Å²) < 4.78 is 31.8. The second kappa shape index (κ2) is 6.47. The summed E-state index contributed by atoms with van der Waals surface area (Å²) in [6.07, 6.45) is 0. The van der Waals surface area contributed by atoms with Crippen LogP contribution in [0.25, 0.3) is 0 Å². The lowest BCUT2D eigenvalue weighted by molar-refractivity contribution is 0.142. The number of nitrogens with two attached hydrogens (primary N) is 1. The van der Waals surface area contributed by atoms with Crippen molar-refractivity contribution < 1.29 is 13.2 Å². The lowest BCUT2D eigenvalue weighted by Crippen LogP contribution is -2.41. The van der Waals surface area contributed by atoms with Crippen LogP contribution < -0.4 is 5.73 Å². The molecule has 0 saturated heterocycles. The largest absolute Gasteiger partial charge is 0.383 e. The average Bonchev–Trinajstić information content (AvgIpc) is 2.71. The van der Waals surface area contributed by atoms with E-state index < -0.39 is 10.0 Å². The van der Waals surface area contributed by atoms with Gasteiger partial charge in [0.15, 0.2) is 0 Å². The van der Waals surface area contributed by atoms with E-state index in [1.807, 2.05) is 6.92 Å². The third-order valence-electron chi connectivity index (χ3n) is 2.93. The highest BCUT2D eigenvalue weighted by molar-refractivity contribution is 7.89. The first-order chi connectivity index (χ1) is 8.89. The molecule has 1 unspecified atom stereocenters. The number of hydrogen-bond acceptors (Lipinski definition) is 5. The summed E-state index contributed by atoms with van der Waals surface area (Å²) in [7, 11) is -2.08. The minimum Gasteiger partial charge on any atom is -0.383 e. The molecule has 7 nitrogen and oxygen atoms in total. The van der Waals surface area contributed by atoms with E-state index in [-0.39, 0.29) is 17.5 Å². The van der Waals surface area contributed by atoms with Gasteiger partial charge in [0.25, 0.3) is 0 Å². The Hall–Kier alpha value is -0.960. The van der Waals surface area contributed by atoms with Gasteiger partial charge in [-0.05, 0) is 13.8 Å². The number of aromatic nitrogens is 2. The fourth-order valence-electron chi connectivity index (χ4n) is 2.11. The molecule has 0 spiro atoms. The van der Waals surface area contributed by atoms with Crippen LogP contribution in [0.15, 0.2) is 4.90 Å². The second-order valence-electron chi connectivity index (χ2n) is 4.34. The summed E-state index contributed by atoms with van der Waals surface area (Å²) >= 11 is 0. The molecule has 0 aliphatic heterocycles. The third-order valence-corrected chi connectivity index (χ3v) is 5.23. The number of aromatic amines is 1. The van der Waals surface area contributed by atoms with Crippen molar-refractivity contribution >= 4 is 10.0 Å². The maximum atomic E-state index is 12.7. The van der Waals surface area contributed by atoms with Gasteiger partial charge in [-0.2, -0.15) is 9.40 Å². The monoisotopic (exact) mass is 290 g/mol. The van der Waals surface area contributed by atoms with Gasteiger partial charge in [0.2, 0.25) is 10.0 Å². The lowest BCUT2D eigenvalue weighted by atomic mass is 10.3. The number of methoxy groups -OCH3 is 1. The minimum absolute atomic E-state index is 0.0785. The number of rotatable bonds is 7. The third kappa shape index (κ3) is 3.14. The highest BCUT2D eigenvalue weighted by atomic mass is 32.2. The van der Waals surface area contributed by atoms with Gasteiger partial charge in [-0.25, -0.2) is 8.42 Å². The predicted molar refractivity (Wildman–Crippen MR) is 72.1 cm³/mol. The Morgan fingerprint density at radius 1 is 1.53 bits per heavy atom. The van der Waals surface area contributed by atoms with E-state index >= 15 is 0 Å². The molecule has 1 atom stereocenters. The molecule has 1 aromatic heterocycles. The molecule has 0 saturated carbocycles. The van der Waals surface area contributed by atoms with Crippen LogP contribution in [-0.2, 0) is 21.3 Å². The average molecular weight is 290 g/mol. The molecule has 1 rings (SSSR count). The molecule has 1 aromatic rings. The molecule has 3 N–H and O–H groups in total. The van der Waals surface area contributed by atoms with Crippen LogP contribution in [0.3, 0.4) is 0 Å². The van der Waals surface area contributed by atoms with Gasteiger partial charge in [-0.3, -0.25) is 5.10 Å². The van der Waals surface area contributed by atoms with Gasteiger partial charge in [0.1, 0.15) is 4.90 Å². The van der Waals surface area contributed by atoms with E-state index in [9.17, 15) is 8.42 Å². The van der Waals surface area contributed by atoms with Gasteiger partial charge in [-0.1, -0.05) is 6.92 Å². The van der Waals surface area contributed by atoms with Gasteiger partial charge in [0.05, 0.1) is 18.0 Å². The maximum Gasteiger partial charge on any atom is 0.247 e. The topological polar surface area (TPSA) is 101 Å². The first-order valence-electron chi connectivity index (χ1n) is 6.14. The Labute approximate surface area is 114 Å². The SMILES string of the molecule is CCN(C(C)COC)S(=O)(=O)c1c(CN)n[nH]c1C. The van der Waals surface area contributed by atoms with E-state index in [0.717, 1.165) is 0 Å². The van der Waals surface area contributed by atoms with Crippen molar-refractivity contribution in [1.82, 2.24) is 14.5 Å². The molecule has 1 heterocycles. The Morgan fingerprint density at radius 2 is 2.16 bits per heavy atom. The standard InChI is InChI=1S/C11H22N4O3S/c1-5-15(8(2)7-18-4)19(16,17)11-9(3)13-14-10(11)6-12/h8H,5-7,12H2,1-4H3,(H,13,14). The van der Waals surface area contributed by atoms with Crippen LogP contribution in [-0.4, -0.2) is 49.2 Å². The molecule has 0 aromatic carbocycles. The summed E-state index contributed by atoms with van der Waals surface area (Å²) in [5.74, 6) is 0. The molecular formula is C11H22N4O3S. The number of nitrogens with zero attached hydrogens (tertiary/aromatic N) is 2. The summed E-state index contributed by atoms with van der Waals surface area (Å²) in [6.45, 7) is 6.05. The van der Waals surface area contributed by atoms with Gasteiger partial charge in [-0.15, -0.1) is 0 Å². The number of ether oxygens (including phenoxy) is 1. The Kier molecular flexibility index (Phi) is 5.48. The fourth-order valence-corrected chi connectivity index (χ4v) is 4.08. The number of aryl methyl sites for hydroxylation is 1. The van der Waals surface area contributed by atoms with E-state index in [1.54, 1.807) is 21.0 Å². The highest BCUT2D eigenvalue weighted by Gasteiger charge is 2.32. The fraction of sp³-hybridized carbons (Fsp3) is 0.727. The van der Waals surface area contributed by atoms with Crippen LogP contribution in [0.1, 0.15) is 25.2 Å². The number of nitrogens with one attached hydrogen (secondary N) is 1. The van der Waals surface area contributed by atoms with E-state index in [0.29, 0.717) is 24.5 Å². The molecule has 8 heteroatoms. The smallest absolute Gasteiger partial charge is 0.247 e. The van der Waals surface area contributed by atoms with Crippen molar-refractivity contribution in [2.45, 2.75) is 38.3 Å². The Morgan fingerprint density at radius 3 is 2.63 bits per heavy atom. The molecule has 0 fully saturated rings. The Balaban J connectivity index is 3.24. The zero-order chi connectivity index (χ0) is 14.6. The molecule has 19 heavy (non-hydrogen) atoms. The molecule has 0 radical (unpaired) electrons. The molecule has 110 valence electrons. The van der Waals surface area contributed by atoms with Crippen molar-refractivity contribution in [1.29, 1.82) is 0 Å². The zero-order valence-electron chi connectivity index (χ0n) is 11.8. The number of likely N-dealkylation sites (N-methyl/N-ethyl adjacent to an activating group) is 1.